The molecule has 0 saturated carbocycles. The van der Waals surface area contributed by atoms with Gasteiger partial charge in [0.15, 0.2) is 18.1 Å². The van der Waals surface area contributed by atoms with E-state index in [-0.39, 0.29) is 18.3 Å². The van der Waals surface area contributed by atoms with Gasteiger partial charge in [-0.3, -0.25) is 9.59 Å². The van der Waals surface area contributed by atoms with Gasteiger partial charge in [0, 0.05) is 11.4 Å². The van der Waals surface area contributed by atoms with E-state index in [0.717, 1.165) is 11.3 Å². The van der Waals surface area contributed by atoms with E-state index in [1.165, 1.54) is 11.8 Å². The summed E-state index contributed by atoms with van der Waals surface area (Å²) in [6.07, 6.45) is 0.847. The molecule has 1 aliphatic rings. The van der Waals surface area contributed by atoms with Gasteiger partial charge in [0.25, 0.3) is 5.91 Å². The fourth-order valence-electron chi connectivity index (χ4n) is 1.76. The van der Waals surface area contributed by atoms with Crippen molar-refractivity contribution < 1.29 is 23.8 Å². The minimum Gasteiger partial charge on any atom is -0.486 e. The second-order valence-electron chi connectivity index (χ2n) is 4.60. The lowest BCUT2D eigenvalue weighted by Crippen LogP contribution is -2.29. The molecule has 1 aromatic carbocycles. The van der Waals surface area contributed by atoms with Crippen molar-refractivity contribution in [2.45, 2.75) is 18.2 Å². The number of rotatable bonds is 7. The molecule has 2 rings (SSSR count). The molecule has 0 radical (unpaired) electrons. The van der Waals surface area contributed by atoms with Gasteiger partial charge >= 0.3 is 5.97 Å². The summed E-state index contributed by atoms with van der Waals surface area (Å²) in [4.78, 5) is 23.8. The van der Waals surface area contributed by atoms with Crippen molar-refractivity contribution in [2.75, 3.05) is 32.1 Å². The van der Waals surface area contributed by atoms with Crippen LogP contribution >= 0.6 is 11.8 Å². The zero-order chi connectivity index (χ0) is 15.8. The van der Waals surface area contributed by atoms with E-state index in [1.54, 1.807) is 0 Å². The van der Waals surface area contributed by atoms with Crippen LogP contribution in [0.2, 0.25) is 0 Å². The summed E-state index contributed by atoms with van der Waals surface area (Å²) in [5.74, 6) is 0.834. The lowest BCUT2D eigenvalue weighted by Gasteiger charge is -2.18. The van der Waals surface area contributed by atoms with Crippen LogP contribution in [0.5, 0.6) is 11.5 Å². The van der Waals surface area contributed by atoms with Crippen LogP contribution in [0.25, 0.3) is 0 Å². The van der Waals surface area contributed by atoms with E-state index in [0.29, 0.717) is 31.3 Å². The number of hydrogen-bond donors (Lipinski definition) is 1. The van der Waals surface area contributed by atoms with Crippen molar-refractivity contribution in [1.29, 1.82) is 0 Å². The molecule has 0 saturated heterocycles. The van der Waals surface area contributed by atoms with Gasteiger partial charge in [-0.15, -0.1) is 11.8 Å². The highest BCUT2D eigenvalue weighted by molar-refractivity contribution is 8.00. The van der Waals surface area contributed by atoms with E-state index in [2.05, 4.69) is 5.32 Å². The summed E-state index contributed by atoms with van der Waals surface area (Å²) in [5.41, 5.74) is 0. The Kier molecular flexibility index (Phi) is 6.39. The molecule has 0 fully saturated rings. The molecular formula is C15H19NO5S. The van der Waals surface area contributed by atoms with Crippen LogP contribution in [0.3, 0.4) is 0 Å². The van der Waals surface area contributed by atoms with Gasteiger partial charge in [-0.2, -0.15) is 0 Å². The smallest absolute Gasteiger partial charge is 0.316 e. The number of ether oxygens (including phenoxy) is 3. The number of nitrogens with one attached hydrogen (secondary N) is 1. The third-order valence-electron chi connectivity index (χ3n) is 2.81. The highest BCUT2D eigenvalue weighted by atomic mass is 32.2. The van der Waals surface area contributed by atoms with Crippen molar-refractivity contribution in [1.82, 2.24) is 5.32 Å². The topological polar surface area (TPSA) is 73.9 Å². The van der Waals surface area contributed by atoms with Crippen LogP contribution in [-0.2, 0) is 14.3 Å². The number of hydrogen-bond acceptors (Lipinski definition) is 6. The molecule has 1 N–H and O–H groups in total. The largest absolute Gasteiger partial charge is 0.486 e. The first-order chi connectivity index (χ1) is 10.7. The molecule has 0 spiro atoms. The first-order valence-electron chi connectivity index (χ1n) is 7.14. The molecule has 0 atom stereocenters. The maximum Gasteiger partial charge on any atom is 0.316 e. The Bertz CT molecular complexity index is 535. The third-order valence-corrected chi connectivity index (χ3v) is 3.77. The Morgan fingerprint density at radius 3 is 2.82 bits per heavy atom. The van der Waals surface area contributed by atoms with Crippen molar-refractivity contribution in [3.05, 3.63) is 18.2 Å². The predicted octanol–water partition coefficient (Wildman–Crippen LogP) is 1.62. The van der Waals surface area contributed by atoms with E-state index < -0.39 is 5.97 Å². The fraction of sp³-hybridized carbons (Fsp3) is 0.467. The minimum atomic E-state index is -0.425. The first-order valence-corrected chi connectivity index (χ1v) is 8.12. The molecule has 1 heterocycles. The molecule has 1 aromatic rings. The van der Waals surface area contributed by atoms with Gasteiger partial charge in [-0.05, 0) is 24.6 Å². The monoisotopic (exact) mass is 325 g/mol. The van der Waals surface area contributed by atoms with Crippen molar-refractivity contribution in [3.63, 3.8) is 0 Å². The van der Waals surface area contributed by atoms with Gasteiger partial charge in [-0.1, -0.05) is 6.92 Å². The number of amides is 1. The Hall–Kier alpha value is -1.89. The SMILES string of the molecule is CCCNC(=O)COC(=O)CSc1ccc2c(c1)OCCO2. The molecule has 0 aromatic heterocycles. The predicted molar refractivity (Wildman–Crippen MR) is 82.4 cm³/mol. The lowest BCUT2D eigenvalue weighted by molar-refractivity contribution is -0.145. The molecule has 1 aliphatic heterocycles. The number of carbonyl (C=O) groups is 2. The molecule has 1 amide bonds. The second kappa shape index (κ2) is 8.53. The van der Waals surface area contributed by atoms with Crippen molar-refractivity contribution >= 4 is 23.6 Å². The Balaban J connectivity index is 1.73. The number of benzene rings is 1. The Labute approximate surface area is 133 Å². The van der Waals surface area contributed by atoms with Crippen LogP contribution < -0.4 is 14.8 Å². The van der Waals surface area contributed by atoms with Crippen molar-refractivity contribution in [2.24, 2.45) is 0 Å². The molecule has 6 nitrogen and oxygen atoms in total. The van der Waals surface area contributed by atoms with E-state index >= 15 is 0 Å². The third kappa shape index (κ3) is 5.14. The zero-order valence-electron chi connectivity index (χ0n) is 12.4. The summed E-state index contributed by atoms with van der Waals surface area (Å²) in [6.45, 7) is 3.38. The second-order valence-corrected chi connectivity index (χ2v) is 5.65. The van der Waals surface area contributed by atoms with Gasteiger partial charge in [0.1, 0.15) is 13.2 Å². The maximum atomic E-state index is 11.6. The van der Waals surface area contributed by atoms with Crippen LogP contribution in [0.15, 0.2) is 23.1 Å². The standard InChI is InChI=1S/C15H19NO5S/c1-2-5-16-14(17)9-21-15(18)10-22-11-3-4-12-13(8-11)20-7-6-19-12/h3-4,8H,2,5-7,9-10H2,1H3,(H,16,17). The number of fused-ring (bicyclic) bond motifs is 1. The fourth-order valence-corrected chi connectivity index (χ4v) is 2.48. The maximum absolute atomic E-state index is 11.6. The number of esters is 1. The molecule has 120 valence electrons. The van der Waals surface area contributed by atoms with E-state index in [9.17, 15) is 9.59 Å². The lowest BCUT2D eigenvalue weighted by atomic mass is 10.3. The summed E-state index contributed by atoms with van der Waals surface area (Å²) in [5, 5.41) is 2.64. The molecule has 22 heavy (non-hydrogen) atoms. The molecule has 0 unspecified atom stereocenters. The normalized spacial score (nSPS) is 12.6. The van der Waals surface area contributed by atoms with Crippen LogP contribution in [0, 0.1) is 0 Å². The summed E-state index contributed by atoms with van der Waals surface area (Å²) in [7, 11) is 0. The summed E-state index contributed by atoms with van der Waals surface area (Å²) in [6, 6.07) is 5.51. The summed E-state index contributed by atoms with van der Waals surface area (Å²) >= 11 is 1.33. The summed E-state index contributed by atoms with van der Waals surface area (Å²) < 4.78 is 15.8. The molecule has 7 heteroatoms. The van der Waals surface area contributed by atoms with Crippen LogP contribution in [0.1, 0.15) is 13.3 Å². The number of carbonyl (C=O) groups excluding carboxylic acids is 2. The average molecular weight is 325 g/mol. The zero-order valence-corrected chi connectivity index (χ0v) is 13.2. The van der Waals surface area contributed by atoms with Gasteiger partial charge < -0.3 is 19.5 Å². The number of thioether (sulfide) groups is 1. The van der Waals surface area contributed by atoms with Crippen molar-refractivity contribution in [3.8, 4) is 11.5 Å². The molecule has 0 bridgehead atoms. The van der Waals surface area contributed by atoms with Crippen LogP contribution in [-0.4, -0.2) is 44.0 Å². The average Bonchev–Trinajstić information content (AvgIpc) is 2.56. The Morgan fingerprint density at radius 2 is 2.05 bits per heavy atom. The molecule has 0 aliphatic carbocycles. The van der Waals surface area contributed by atoms with Gasteiger partial charge in [0.2, 0.25) is 0 Å². The molecular weight excluding hydrogens is 306 g/mol. The quantitative estimate of drug-likeness (QED) is 0.606. The van der Waals surface area contributed by atoms with Crippen LogP contribution in [0.4, 0.5) is 0 Å². The van der Waals surface area contributed by atoms with E-state index in [1.807, 2.05) is 25.1 Å². The first kappa shape index (κ1) is 16.5. The highest BCUT2D eigenvalue weighted by Gasteiger charge is 2.13. The highest BCUT2D eigenvalue weighted by Crippen LogP contribution is 2.34. The van der Waals surface area contributed by atoms with Gasteiger partial charge in [0.05, 0.1) is 5.75 Å². The van der Waals surface area contributed by atoms with E-state index in [4.69, 9.17) is 14.2 Å². The minimum absolute atomic E-state index is 0.140. The van der Waals surface area contributed by atoms with Gasteiger partial charge in [-0.25, -0.2) is 0 Å². The Morgan fingerprint density at radius 1 is 1.27 bits per heavy atom.